The third-order valence-electron chi connectivity index (χ3n) is 3.20. The van der Waals surface area contributed by atoms with Crippen LogP contribution in [0.4, 0.5) is 0 Å². The van der Waals surface area contributed by atoms with Crippen molar-refractivity contribution in [1.29, 1.82) is 0 Å². The van der Waals surface area contributed by atoms with Gasteiger partial charge in [0.1, 0.15) is 0 Å². The molecule has 1 aliphatic carbocycles. The summed E-state index contributed by atoms with van der Waals surface area (Å²) < 4.78 is 1.99. The van der Waals surface area contributed by atoms with Crippen molar-refractivity contribution in [2.75, 3.05) is 0 Å². The van der Waals surface area contributed by atoms with Crippen LogP contribution in [0, 0.1) is 0 Å². The Balaban J connectivity index is 2.01. The Hall–Kier alpha value is -2.36. The SMILES string of the molecule is O=C(O)c1ccc2c(c1)CCC(n1ccnc1)=C2. The van der Waals surface area contributed by atoms with Crippen LogP contribution in [0.2, 0.25) is 0 Å². The Kier molecular flexibility index (Phi) is 2.48. The number of allylic oxidation sites excluding steroid dienone is 1. The van der Waals surface area contributed by atoms with E-state index in [2.05, 4.69) is 11.1 Å². The number of aryl methyl sites for hydroxylation is 1. The summed E-state index contributed by atoms with van der Waals surface area (Å²) in [5, 5.41) is 8.96. The second-order valence-corrected chi connectivity index (χ2v) is 4.32. The van der Waals surface area contributed by atoms with Gasteiger partial charge < -0.3 is 9.67 Å². The molecule has 0 saturated carbocycles. The van der Waals surface area contributed by atoms with Gasteiger partial charge in [-0.25, -0.2) is 9.78 Å². The highest BCUT2D eigenvalue weighted by Gasteiger charge is 2.13. The largest absolute Gasteiger partial charge is 0.478 e. The van der Waals surface area contributed by atoms with Crippen molar-refractivity contribution in [3.63, 3.8) is 0 Å². The molecular formula is C14H12N2O2. The lowest BCUT2D eigenvalue weighted by Crippen LogP contribution is -2.05. The monoisotopic (exact) mass is 240 g/mol. The predicted octanol–water partition coefficient (Wildman–Crippen LogP) is 2.53. The Morgan fingerprint density at radius 3 is 2.94 bits per heavy atom. The molecule has 0 amide bonds. The van der Waals surface area contributed by atoms with Crippen molar-refractivity contribution in [3.05, 3.63) is 53.6 Å². The minimum absolute atomic E-state index is 0.355. The van der Waals surface area contributed by atoms with E-state index in [9.17, 15) is 4.79 Å². The normalized spacial score (nSPS) is 13.9. The van der Waals surface area contributed by atoms with Gasteiger partial charge in [0.15, 0.2) is 0 Å². The summed E-state index contributed by atoms with van der Waals surface area (Å²) in [6.07, 6.45) is 9.30. The fourth-order valence-corrected chi connectivity index (χ4v) is 2.24. The molecule has 3 rings (SSSR count). The molecule has 1 aliphatic rings. The van der Waals surface area contributed by atoms with E-state index < -0.39 is 5.97 Å². The smallest absolute Gasteiger partial charge is 0.335 e. The van der Waals surface area contributed by atoms with Crippen molar-refractivity contribution >= 4 is 17.7 Å². The van der Waals surface area contributed by atoms with Gasteiger partial charge in [-0.1, -0.05) is 6.07 Å². The first-order valence-corrected chi connectivity index (χ1v) is 5.79. The van der Waals surface area contributed by atoms with E-state index in [1.807, 2.05) is 16.8 Å². The number of hydrogen-bond acceptors (Lipinski definition) is 2. The van der Waals surface area contributed by atoms with Crippen LogP contribution in [0.3, 0.4) is 0 Å². The van der Waals surface area contributed by atoms with E-state index in [-0.39, 0.29) is 0 Å². The first-order chi connectivity index (χ1) is 8.74. The van der Waals surface area contributed by atoms with E-state index in [0.29, 0.717) is 5.56 Å². The van der Waals surface area contributed by atoms with Gasteiger partial charge in [-0.05, 0) is 42.2 Å². The van der Waals surface area contributed by atoms with Gasteiger partial charge >= 0.3 is 5.97 Å². The average molecular weight is 240 g/mol. The Morgan fingerprint density at radius 1 is 1.33 bits per heavy atom. The number of carboxylic acid groups (broad SMARTS) is 1. The molecule has 0 saturated heterocycles. The fourth-order valence-electron chi connectivity index (χ4n) is 2.24. The van der Waals surface area contributed by atoms with Crippen LogP contribution in [0.5, 0.6) is 0 Å². The van der Waals surface area contributed by atoms with Crippen LogP contribution >= 0.6 is 0 Å². The van der Waals surface area contributed by atoms with Crippen LogP contribution < -0.4 is 0 Å². The maximum atomic E-state index is 10.9. The van der Waals surface area contributed by atoms with Crippen molar-refractivity contribution in [2.24, 2.45) is 0 Å². The molecular weight excluding hydrogens is 228 g/mol. The lowest BCUT2D eigenvalue weighted by molar-refractivity contribution is 0.0697. The van der Waals surface area contributed by atoms with E-state index in [4.69, 9.17) is 5.11 Å². The van der Waals surface area contributed by atoms with E-state index in [1.54, 1.807) is 24.7 Å². The summed E-state index contributed by atoms with van der Waals surface area (Å²) in [5.74, 6) is -0.873. The van der Waals surface area contributed by atoms with Crippen molar-refractivity contribution < 1.29 is 9.90 Å². The fraction of sp³-hybridized carbons (Fsp3) is 0.143. The number of aromatic nitrogens is 2. The molecule has 0 aliphatic heterocycles. The molecule has 1 aromatic heterocycles. The first-order valence-electron chi connectivity index (χ1n) is 5.79. The van der Waals surface area contributed by atoms with Gasteiger partial charge in [0, 0.05) is 18.1 Å². The number of rotatable bonds is 2. The summed E-state index contributed by atoms with van der Waals surface area (Å²) in [5.41, 5.74) is 3.73. The topological polar surface area (TPSA) is 55.1 Å². The molecule has 90 valence electrons. The Bertz CT molecular complexity index is 627. The van der Waals surface area contributed by atoms with E-state index in [0.717, 1.165) is 24.0 Å². The van der Waals surface area contributed by atoms with Crippen LogP contribution in [-0.4, -0.2) is 20.6 Å². The van der Waals surface area contributed by atoms with Crippen molar-refractivity contribution in [3.8, 4) is 0 Å². The van der Waals surface area contributed by atoms with Gasteiger partial charge in [0.25, 0.3) is 0 Å². The average Bonchev–Trinajstić information content (AvgIpc) is 2.91. The molecule has 1 N–H and O–H groups in total. The number of benzene rings is 1. The second-order valence-electron chi connectivity index (χ2n) is 4.32. The zero-order valence-electron chi connectivity index (χ0n) is 9.71. The minimum Gasteiger partial charge on any atom is -0.478 e. The number of hydrogen-bond donors (Lipinski definition) is 1. The number of aromatic carboxylic acids is 1. The molecule has 4 heteroatoms. The third kappa shape index (κ3) is 1.82. The lowest BCUT2D eigenvalue weighted by Gasteiger charge is -2.17. The van der Waals surface area contributed by atoms with Gasteiger partial charge in [-0.15, -0.1) is 0 Å². The molecule has 0 atom stereocenters. The minimum atomic E-state index is -0.873. The number of nitrogens with zero attached hydrogens (tertiary/aromatic N) is 2. The summed E-state index contributed by atoms with van der Waals surface area (Å²) in [7, 11) is 0. The molecule has 4 nitrogen and oxygen atoms in total. The molecule has 0 fully saturated rings. The molecule has 1 aromatic carbocycles. The molecule has 1 heterocycles. The van der Waals surface area contributed by atoms with E-state index >= 15 is 0 Å². The lowest BCUT2D eigenvalue weighted by atomic mass is 9.93. The van der Waals surface area contributed by atoms with Crippen LogP contribution in [0.15, 0.2) is 36.9 Å². The Morgan fingerprint density at radius 2 is 2.22 bits per heavy atom. The van der Waals surface area contributed by atoms with Crippen LogP contribution in [0.1, 0.15) is 27.9 Å². The molecule has 18 heavy (non-hydrogen) atoms. The molecule has 0 radical (unpaired) electrons. The van der Waals surface area contributed by atoms with Crippen LogP contribution in [-0.2, 0) is 6.42 Å². The quantitative estimate of drug-likeness (QED) is 0.877. The third-order valence-corrected chi connectivity index (χ3v) is 3.20. The zero-order chi connectivity index (χ0) is 12.5. The van der Waals surface area contributed by atoms with Gasteiger partial charge in [0.2, 0.25) is 0 Å². The maximum Gasteiger partial charge on any atom is 0.335 e. The standard InChI is InChI=1S/C14H12N2O2/c17-14(18)12-2-1-11-8-13(4-3-10(11)7-12)16-6-5-15-9-16/h1-2,5-9H,3-4H2,(H,17,18). The van der Waals surface area contributed by atoms with Gasteiger partial charge in [0.05, 0.1) is 11.9 Å². The molecule has 0 bridgehead atoms. The van der Waals surface area contributed by atoms with E-state index in [1.165, 1.54) is 5.70 Å². The van der Waals surface area contributed by atoms with Crippen LogP contribution in [0.25, 0.3) is 11.8 Å². The number of carboxylic acids is 1. The van der Waals surface area contributed by atoms with Gasteiger partial charge in [-0.3, -0.25) is 0 Å². The molecule has 2 aromatic rings. The van der Waals surface area contributed by atoms with Crippen molar-refractivity contribution in [1.82, 2.24) is 9.55 Å². The van der Waals surface area contributed by atoms with Crippen molar-refractivity contribution in [2.45, 2.75) is 12.8 Å². The molecule has 0 spiro atoms. The number of fused-ring (bicyclic) bond motifs is 1. The Labute approximate surface area is 104 Å². The summed E-state index contributed by atoms with van der Waals surface area (Å²) in [6, 6.07) is 5.28. The van der Waals surface area contributed by atoms with Gasteiger partial charge in [-0.2, -0.15) is 0 Å². The number of carbonyl (C=O) groups is 1. The maximum absolute atomic E-state index is 10.9. The highest BCUT2D eigenvalue weighted by molar-refractivity contribution is 5.89. The summed E-state index contributed by atoms with van der Waals surface area (Å²) >= 11 is 0. The number of imidazole rings is 1. The first kappa shape index (κ1) is 10.8. The summed E-state index contributed by atoms with van der Waals surface area (Å²) in [4.78, 5) is 14.9. The zero-order valence-corrected chi connectivity index (χ0v) is 9.71. The predicted molar refractivity (Wildman–Crippen MR) is 68.1 cm³/mol. The highest BCUT2D eigenvalue weighted by atomic mass is 16.4. The second kappa shape index (κ2) is 4.14. The summed E-state index contributed by atoms with van der Waals surface area (Å²) in [6.45, 7) is 0. The molecule has 0 unspecified atom stereocenters. The highest BCUT2D eigenvalue weighted by Crippen LogP contribution is 2.27.